The van der Waals surface area contributed by atoms with Gasteiger partial charge >= 0.3 is 0 Å². The molecule has 0 spiro atoms. The molecule has 2 N–H and O–H groups in total. The van der Waals surface area contributed by atoms with Crippen molar-refractivity contribution < 1.29 is 4.74 Å². The number of hydrogen-bond acceptors (Lipinski definition) is 4. The molecule has 0 atom stereocenters. The second kappa shape index (κ2) is 5.31. The molecule has 6 heteroatoms. The molecule has 0 aliphatic heterocycles. The van der Waals surface area contributed by atoms with E-state index in [1.54, 1.807) is 4.68 Å². The Bertz CT molecular complexity index is 287. The zero-order valence-corrected chi connectivity index (χ0v) is 9.99. The van der Waals surface area contributed by atoms with Crippen molar-refractivity contribution in [3.63, 3.8) is 0 Å². The summed E-state index contributed by atoms with van der Waals surface area (Å²) in [5, 5.41) is 4.01. The number of aromatic nitrogens is 3. The smallest absolute Gasteiger partial charge is 0.240 e. The molecule has 0 aromatic carbocycles. The van der Waals surface area contributed by atoms with Gasteiger partial charge in [0.15, 0.2) is 4.73 Å². The molecule has 0 amide bonds. The summed E-state index contributed by atoms with van der Waals surface area (Å²) in [7, 11) is 0. The summed E-state index contributed by atoms with van der Waals surface area (Å²) in [4.78, 5) is 3.93. The minimum Gasteiger partial charge on any atom is -0.379 e. The molecular formula is C8H15BrN4O. The highest BCUT2D eigenvalue weighted by Crippen LogP contribution is 2.08. The molecule has 0 fully saturated rings. The molecule has 0 radical (unpaired) electrons. The molecular weight excluding hydrogens is 248 g/mol. The molecule has 14 heavy (non-hydrogen) atoms. The fourth-order valence-corrected chi connectivity index (χ4v) is 1.45. The van der Waals surface area contributed by atoms with Gasteiger partial charge in [-0.2, -0.15) is 4.98 Å². The Morgan fingerprint density at radius 1 is 1.57 bits per heavy atom. The van der Waals surface area contributed by atoms with Crippen LogP contribution in [0.4, 0.5) is 5.95 Å². The Labute approximate surface area is 91.8 Å². The molecule has 0 aliphatic rings. The number of nitrogens with two attached hydrogens (primary N) is 1. The SMILES string of the molecule is CC(C)OCCCn1nc(N)nc1Br. The van der Waals surface area contributed by atoms with Crippen molar-refractivity contribution in [1.29, 1.82) is 0 Å². The first-order valence-electron chi connectivity index (χ1n) is 4.57. The van der Waals surface area contributed by atoms with E-state index >= 15 is 0 Å². The van der Waals surface area contributed by atoms with Gasteiger partial charge in [0, 0.05) is 13.2 Å². The standard InChI is InChI=1S/C8H15BrN4O/c1-6(2)14-5-3-4-13-7(9)11-8(10)12-13/h6H,3-5H2,1-2H3,(H2,10,12). The van der Waals surface area contributed by atoms with E-state index < -0.39 is 0 Å². The highest BCUT2D eigenvalue weighted by molar-refractivity contribution is 9.10. The number of aryl methyl sites for hydroxylation is 1. The summed E-state index contributed by atoms with van der Waals surface area (Å²) < 4.78 is 7.79. The highest BCUT2D eigenvalue weighted by Gasteiger charge is 2.03. The van der Waals surface area contributed by atoms with Crippen LogP contribution in [-0.2, 0) is 11.3 Å². The van der Waals surface area contributed by atoms with Crippen molar-refractivity contribution in [3.05, 3.63) is 4.73 Å². The number of halogens is 1. The maximum Gasteiger partial charge on any atom is 0.240 e. The topological polar surface area (TPSA) is 66.0 Å². The third-order valence-electron chi connectivity index (χ3n) is 1.61. The molecule has 0 saturated heterocycles. The summed E-state index contributed by atoms with van der Waals surface area (Å²) in [5.74, 6) is 0.293. The number of nitrogen functional groups attached to an aromatic ring is 1. The fraction of sp³-hybridized carbons (Fsp3) is 0.750. The Balaban J connectivity index is 2.28. The van der Waals surface area contributed by atoms with Gasteiger partial charge in [0.25, 0.3) is 0 Å². The lowest BCUT2D eigenvalue weighted by Crippen LogP contribution is -2.08. The predicted octanol–water partition coefficient (Wildman–Crippen LogP) is 1.44. The van der Waals surface area contributed by atoms with Crippen molar-refractivity contribution in [2.75, 3.05) is 12.3 Å². The maximum atomic E-state index is 5.43. The van der Waals surface area contributed by atoms with E-state index in [4.69, 9.17) is 10.5 Å². The van der Waals surface area contributed by atoms with E-state index in [9.17, 15) is 0 Å². The molecule has 1 heterocycles. The largest absolute Gasteiger partial charge is 0.379 e. The zero-order valence-electron chi connectivity index (χ0n) is 8.40. The van der Waals surface area contributed by atoms with Gasteiger partial charge in [-0.25, -0.2) is 4.68 Å². The molecule has 1 aromatic heterocycles. The molecule has 5 nitrogen and oxygen atoms in total. The number of anilines is 1. The van der Waals surface area contributed by atoms with Gasteiger partial charge in [-0.15, -0.1) is 5.10 Å². The molecule has 1 aromatic rings. The van der Waals surface area contributed by atoms with Crippen LogP contribution in [0.25, 0.3) is 0 Å². The molecule has 1 rings (SSSR count). The third-order valence-corrected chi connectivity index (χ3v) is 2.20. The predicted molar refractivity (Wildman–Crippen MR) is 57.8 cm³/mol. The monoisotopic (exact) mass is 262 g/mol. The van der Waals surface area contributed by atoms with Crippen LogP contribution < -0.4 is 5.73 Å². The third kappa shape index (κ3) is 3.63. The van der Waals surface area contributed by atoms with Gasteiger partial charge in [-0.3, -0.25) is 0 Å². The van der Waals surface area contributed by atoms with Crippen LogP contribution in [0.1, 0.15) is 20.3 Å². The average Bonchev–Trinajstić information content (AvgIpc) is 2.39. The van der Waals surface area contributed by atoms with Crippen molar-refractivity contribution in [2.45, 2.75) is 32.9 Å². The van der Waals surface area contributed by atoms with Crippen LogP contribution in [0.5, 0.6) is 0 Å². The van der Waals surface area contributed by atoms with E-state index in [0.717, 1.165) is 19.6 Å². The van der Waals surface area contributed by atoms with Gasteiger partial charge < -0.3 is 10.5 Å². The Morgan fingerprint density at radius 3 is 2.79 bits per heavy atom. The second-order valence-electron chi connectivity index (χ2n) is 3.24. The van der Waals surface area contributed by atoms with Crippen LogP contribution in [0.3, 0.4) is 0 Å². The van der Waals surface area contributed by atoms with Crippen molar-refractivity contribution in [1.82, 2.24) is 14.8 Å². The maximum absolute atomic E-state index is 5.43. The van der Waals surface area contributed by atoms with E-state index in [-0.39, 0.29) is 6.10 Å². The molecule has 0 aliphatic carbocycles. The van der Waals surface area contributed by atoms with Crippen LogP contribution in [0.15, 0.2) is 4.73 Å². The van der Waals surface area contributed by atoms with Gasteiger partial charge in [0.2, 0.25) is 5.95 Å². The Morgan fingerprint density at radius 2 is 2.29 bits per heavy atom. The summed E-state index contributed by atoms with van der Waals surface area (Å²) in [6, 6.07) is 0. The van der Waals surface area contributed by atoms with E-state index in [1.807, 2.05) is 13.8 Å². The minimum atomic E-state index is 0.277. The quantitative estimate of drug-likeness (QED) is 0.816. The lowest BCUT2D eigenvalue weighted by Gasteiger charge is -2.06. The molecule has 0 bridgehead atoms. The first-order chi connectivity index (χ1) is 6.59. The fourth-order valence-electron chi connectivity index (χ4n) is 1.02. The van der Waals surface area contributed by atoms with Crippen LogP contribution >= 0.6 is 15.9 Å². The first-order valence-corrected chi connectivity index (χ1v) is 5.36. The van der Waals surface area contributed by atoms with Crippen molar-refractivity contribution >= 4 is 21.9 Å². The number of nitrogens with zero attached hydrogens (tertiary/aromatic N) is 3. The van der Waals surface area contributed by atoms with Gasteiger partial charge in [0.1, 0.15) is 0 Å². The van der Waals surface area contributed by atoms with Crippen LogP contribution in [0.2, 0.25) is 0 Å². The molecule has 0 unspecified atom stereocenters. The molecule has 80 valence electrons. The summed E-state index contributed by atoms with van der Waals surface area (Å²) in [6.45, 7) is 5.52. The van der Waals surface area contributed by atoms with Gasteiger partial charge in [0.05, 0.1) is 6.10 Å². The number of rotatable bonds is 5. The van der Waals surface area contributed by atoms with Crippen LogP contribution in [-0.4, -0.2) is 27.5 Å². The number of hydrogen-bond donors (Lipinski definition) is 1. The second-order valence-corrected chi connectivity index (χ2v) is 3.94. The van der Waals surface area contributed by atoms with Gasteiger partial charge in [-0.05, 0) is 36.2 Å². The first kappa shape index (κ1) is 11.5. The van der Waals surface area contributed by atoms with Crippen molar-refractivity contribution in [2.24, 2.45) is 0 Å². The summed E-state index contributed by atoms with van der Waals surface area (Å²) in [6.07, 6.45) is 1.18. The van der Waals surface area contributed by atoms with E-state index in [1.165, 1.54) is 0 Å². The van der Waals surface area contributed by atoms with Crippen LogP contribution in [0, 0.1) is 0 Å². The van der Waals surface area contributed by atoms with Gasteiger partial charge in [-0.1, -0.05) is 0 Å². The normalized spacial score (nSPS) is 11.1. The van der Waals surface area contributed by atoms with E-state index in [0.29, 0.717) is 10.7 Å². The lowest BCUT2D eigenvalue weighted by molar-refractivity contribution is 0.0742. The zero-order chi connectivity index (χ0) is 10.6. The summed E-state index contributed by atoms with van der Waals surface area (Å²) in [5.41, 5.74) is 5.43. The highest BCUT2D eigenvalue weighted by atomic mass is 79.9. The molecule has 0 saturated carbocycles. The van der Waals surface area contributed by atoms with E-state index in [2.05, 4.69) is 26.0 Å². The average molecular weight is 263 g/mol. The summed E-state index contributed by atoms with van der Waals surface area (Å²) >= 11 is 3.27. The minimum absolute atomic E-state index is 0.277. The Kier molecular flexibility index (Phi) is 4.34. The lowest BCUT2D eigenvalue weighted by atomic mass is 10.4. The van der Waals surface area contributed by atoms with Crippen molar-refractivity contribution in [3.8, 4) is 0 Å². The number of ether oxygens (including phenoxy) is 1. The Hall–Kier alpha value is -0.620.